The first-order chi connectivity index (χ1) is 14.3. The van der Waals surface area contributed by atoms with Crippen molar-refractivity contribution in [1.29, 1.82) is 0 Å². The summed E-state index contributed by atoms with van der Waals surface area (Å²) in [6.45, 7) is 4.05. The second-order valence-electron chi connectivity index (χ2n) is 7.33. The SMILES string of the molecule is O=C(c1c[nH]c2ccccc12)N1CCN(Cc2csc(-c3ccccc3)n2)CC1. The van der Waals surface area contributed by atoms with Gasteiger partial charge in [0.15, 0.2) is 0 Å². The third-order valence-electron chi connectivity index (χ3n) is 5.44. The monoisotopic (exact) mass is 402 g/mol. The largest absolute Gasteiger partial charge is 0.360 e. The van der Waals surface area contributed by atoms with Gasteiger partial charge in [-0.05, 0) is 6.07 Å². The van der Waals surface area contributed by atoms with Gasteiger partial charge in [-0.25, -0.2) is 4.98 Å². The minimum absolute atomic E-state index is 0.113. The molecule has 5 nitrogen and oxygen atoms in total. The van der Waals surface area contributed by atoms with E-state index in [4.69, 9.17) is 4.98 Å². The number of nitrogens with one attached hydrogen (secondary N) is 1. The summed E-state index contributed by atoms with van der Waals surface area (Å²) in [5.74, 6) is 0.113. The molecule has 2 aromatic heterocycles. The molecule has 146 valence electrons. The Balaban J connectivity index is 1.21. The molecule has 1 saturated heterocycles. The normalized spacial score (nSPS) is 15.1. The van der Waals surface area contributed by atoms with E-state index in [-0.39, 0.29) is 5.91 Å². The van der Waals surface area contributed by atoms with Crippen LogP contribution in [-0.2, 0) is 6.54 Å². The molecule has 0 unspecified atom stereocenters. The van der Waals surface area contributed by atoms with Gasteiger partial charge in [-0.1, -0.05) is 48.5 Å². The van der Waals surface area contributed by atoms with Crippen LogP contribution in [0.2, 0.25) is 0 Å². The molecule has 1 aliphatic rings. The summed E-state index contributed by atoms with van der Waals surface area (Å²) in [7, 11) is 0. The first-order valence-corrected chi connectivity index (χ1v) is 10.7. The van der Waals surface area contributed by atoms with Crippen LogP contribution in [0.15, 0.2) is 66.2 Å². The fraction of sp³-hybridized carbons (Fsp3) is 0.217. The lowest BCUT2D eigenvalue weighted by atomic mass is 10.1. The fourth-order valence-corrected chi connectivity index (χ4v) is 4.67. The van der Waals surface area contributed by atoms with Gasteiger partial charge in [0, 0.05) is 60.8 Å². The molecule has 0 spiro atoms. The number of carbonyl (C=O) groups excluding carboxylic acids is 1. The number of thiazole rings is 1. The molecule has 0 radical (unpaired) electrons. The zero-order valence-corrected chi connectivity index (χ0v) is 16.9. The number of benzene rings is 2. The van der Waals surface area contributed by atoms with Gasteiger partial charge in [-0.2, -0.15) is 0 Å². The molecule has 0 saturated carbocycles. The van der Waals surface area contributed by atoms with Crippen molar-refractivity contribution >= 4 is 28.1 Å². The first-order valence-electron chi connectivity index (χ1n) is 9.85. The molecule has 1 amide bonds. The molecule has 1 N–H and O–H groups in total. The van der Waals surface area contributed by atoms with E-state index in [1.807, 2.05) is 53.6 Å². The summed E-state index contributed by atoms with van der Waals surface area (Å²) in [6.07, 6.45) is 1.83. The molecule has 0 aliphatic carbocycles. The number of amides is 1. The van der Waals surface area contributed by atoms with Crippen LogP contribution >= 0.6 is 11.3 Å². The van der Waals surface area contributed by atoms with Gasteiger partial charge in [0.25, 0.3) is 5.91 Å². The smallest absolute Gasteiger partial charge is 0.256 e. The van der Waals surface area contributed by atoms with Crippen LogP contribution in [0.1, 0.15) is 16.1 Å². The average Bonchev–Trinajstić information content (AvgIpc) is 3.42. The minimum atomic E-state index is 0.113. The van der Waals surface area contributed by atoms with Gasteiger partial charge < -0.3 is 9.88 Å². The number of para-hydroxylation sites is 1. The van der Waals surface area contributed by atoms with Gasteiger partial charge in [0.1, 0.15) is 5.01 Å². The van der Waals surface area contributed by atoms with E-state index in [1.54, 1.807) is 11.3 Å². The van der Waals surface area contributed by atoms with Crippen molar-refractivity contribution in [3.8, 4) is 10.6 Å². The number of carbonyl (C=O) groups is 1. The maximum absolute atomic E-state index is 13.0. The maximum Gasteiger partial charge on any atom is 0.256 e. The Hall–Kier alpha value is -2.96. The van der Waals surface area contributed by atoms with Crippen molar-refractivity contribution in [1.82, 2.24) is 19.8 Å². The van der Waals surface area contributed by atoms with Crippen molar-refractivity contribution < 1.29 is 4.79 Å². The number of rotatable bonds is 4. The van der Waals surface area contributed by atoms with Crippen LogP contribution in [0.5, 0.6) is 0 Å². The van der Waals surface area contributed by atoms with E-state index in [0.29, 0.717) is 0 Å². The zero-order chi connectivity index (χ0) is 19.6. The van der Waals surface area contributed by atoms with E-state index in [1.165, 1.54) is 0 Å². The van der Waals surface area contributed by atoms with E-state index in [0.717, 1.165) is 65.5 Å². The summed E-state index contributed by atoms with van der Waals surface area (Å²) >= 11 is 1.69. The van der Waals surface area contributed by atoms with Crippen LogP contribution in [-0.4, -0.2) is 51.9 Å². The van der Waals surface area contributed by atoms with Gasteiger partial charge in [-0.15, -0.1) is 11.3 Å². The Kier molecular flexibility index (Phi) is 4.87. The first kappa shape index (κ1) is 18.1. The Morgan fingerprint density at radius 3 is 2.59 bits per heavy atom. The third kappa shape index (κ3) is 3.69. The zero-order valence-electron chi connectivity index (χ0n) is 16.0. The summed E-state index contributed by atoms with van der Waals surface area (Å²) < 4.78 is 0. The van der Waals surface area contributed by atoms with Gasteiger partial charge in [0.2, 0.25) is 0 Å². The van der Waals surface area contributed by atoms with Crippen LogP contribution in [0.3, 0.4) is 0 Å². The highest BCUT2D eigenvalue weighted by atomic mass is 32.1. The van der Waals surface area contributed by atoms with E-state index in [9.17, 15) is 4.79 Å². The standard InChI is InChI=1S/C23H22N4OS/c28-23(20-14-24-21-9-5-4-8-19(20)21)27-12-10-26(11-13-27)15-18-16-29-22(25-18)17-6-2-1-3-7-17/h1-9,14,16,24H,10-13,15H2. The van der Waals surface area contributed by atoms with Crippen molar-refractivity contribution in [2.75, 3.05) is 26.2 Å². The number of aromatic amines is 1. The highest BCUT2D eigenvalue weighted by Crippen LogP contribution is 2.24. The molecule has 5 rings (SSSR count). The summed E-state index contributed by atoms with van der Waals surface area (Å²) in [4.78, 5) is 25.3. The Morgan fingerprint density at radius 2 is 1.76 bits per heavy atom. The quantitative estimate of drug-likeness (QED) is 0.555. The third-order valence-corrected chi connectivity index (χ3v) is 6.38. The molecular formula is C23H22N4OS. The summed E-state index contributed by atoms with van der Waals surface area (Å²) in [6, 6.07) is 18.3. The number of hydrogen-bond acceptors (Lipinski definition) is 4. The molecule has 4 aromatic rings. The van der Waals surface area contributed by atoms with E-state index >= 15 is 0 Å². The van der Waals surface area contributed by atoms with Crippen LogP contribution < -0.4 is 0 Å². The van der Waals surface area contributed by atoms with Gasteiger partial charge >= 0.3 is 0 Å². The average molecular weight is 403 g/mol. The second-order valence-corrected chi connectivity index (χ2v) is 8.18. The van der Waals surface area contributed by atoms with Crippen LogP contribution in [0.25, 0.3) is 21.5 Å². The Labute approximate surface area is 173 Å². The van der Waals surface area contributed by atoms with Crippen LogP contribution in [0, 0.1) is 0 Å². The molecular weight excluding hydrogens is 380 g/mol. The molecule has 3 heterocycles. The highest BCUT2D eigenvalue weighted by molar-refractivity contribution is 7.13. The molecule has 0 bridgehead atoms. The highest BCUT2D eigenvalue weighted by Gasteiger charge is 2.24. The number of piperazine rings is 1. The molecule has 2 aromatic carbocycles. The predicted molar refractivity (Wildman–Crippen MR) is 117 cm³/mol. The van der Waals surface area contributed by atoms with Crippen LogP contribution in [0.4, 0.5) is 0 Å². The van der Waals surface area contributed by atoms with E-state index in [2.05, 4.69) is 27.4 Å². The minimum Gasteiger partial charge on any atom is -0.360 e. The number of hydrogen-bond donors (Lipinski definition) is 1. The Morgan fingerprint density at radius 1 is 1.00 bits per heavy atom. The Bertz CT molecular complexity index is 1130. The maximum atomic E-state index is 13.0. The molecule has 1 aliphatic heterocycles. The molecule has 0 atom stereocenters. The van der Waals surface area contributed by atoms with Crippen molar-refractivity contribution in [2.24, 2.45) is 0 Å². The van der Waals surface area contributed by atoms with Crippen molar-refractivity contribution in [3.63, 3.8) is 0 Å². The van der Waals surface area contributed by atoms with Gasteiger partial charge in [0.05, 0.1) is 11.3 Å². The second kappa shape index (κ2) is 7.81. The van der Waals surface area contributed by atoms with Crippen molar-refractivity contribution in [3.05, 3.63) is 77.4 Å². The lowest BCUT2D eigenvalue weighted by molar-refractivity contribution is 0.0629. The summed E-state index contributed by atoms with van der Waals surface area (Å²) in [5.41, 5.74) is 4.04. The lowest BCUT2D eigenvalue weighted by Crippen LogP contribution is -2.48. The number of fused-ring (bicyclic) bond motifs is 1. The topological polar surface area (TPSA) is 52.2 Å². The van der Waals surface area contributed by atoms with Crippen molar-refractivity contribution in [2.45, 2.75) is 6.54 Å². The predicted octanol–water partition coefficient (Wildman–Crippen LogP) is 4.25. The van der Waals surface area contributed by atoms with Gasteiger partial charge in [-0.3, -0.25) is 9.69 Å². The number of nitrogens with zero attached hydrogens (tertiary/aromatic N) is 3. The fourth-order valence-electron chi connectivity index (χ4n) is 3.85. The molecule has 29 heavy (non-hydrogen) atoms. The lowest BCUT2D eigenvalue weighted by Gasteiger charge is -2.34. The molecule has 6 heteroatoms. The molecule has 1 fully saturated rings. The summed E-state index contributed by atoms with van der Waals surface area (Å²) in [5, 5.41) is 4.20. The number of H-pyrrole nitrogens is 1. The van der Waals surface area contributed by atoms with E-state index < -0.39 is 0 Å². The number of aromatic nitrogens is 2.